The van der Waals surface area contributed by atoms with Crippen LogP contribution in [0.25, 0.3) is 17.0 Å². The Bertz CT molecular complexity index is 1700. The number of rotatable bonds is 4. The minimum atomic E-state index is -0.465. The van der Waals surface area contributed by atoms with Crippen molar-refractivity contribution >= 4 is 73.9 Å². The number of carbonyl (C=O) groups is 1. The Kier molecular flexibility index (Phi) is 5.99. The molecule has 0 radical (unpaired) electrons. The van der Waals surface area contributed by atoms with Gasteiger partial charge in [-0.15, -0.1) is 0 Å². The molecule has 37 heavy (non-hydrogen) atoms. The smallest absolute Gasteiger partial charge is 0.283 e. The number of amides is 1. The molecule has 2 aliphatic rings. The van der Waals surface area contributed by atoms with Crippen molar-refractivity contribution < 1.29 is 4.79 Å². The van der Waals surface area contributed by atoms with Crippen LogP contribution in [0.3, 0.4) is 0 Å². The normalized spacial score (nSPS) is 16.4. The third-order valence-corrected chi connectivity index (χ3v) is 7.90. The molecule has 0 atom stereocenters. The average Bonchev–Trinajstić information content (AvgIpc) is 3.43. The summed E-state index contributed by atoms with van der Waals surface area (Å²) in [5.74, 6) is -0.480. The highest BCUT2D eigenvalue weighted by atomic mass is 35.5. The highest BCUT2D eigenvalue weighted by molar-refractivity contribution is 8.27. The second kappa shape index (κ2) is 9.34. The first-order chi connectivity index (χ1) is 17.9. The van der Waals surface area contributed by atoms with Crippen LogP contribution in [-0.4, -0.2) is 31.5 Å². The van der Waals surface area contributed by atoms with Crippen LogP contribution >= 0.6 is 35.0 Å². The van der Waals surface area contributed by atoms with Crippen molar-refractivity contribution in [2.24, 2.45) is 10.1 Å². The predicted octanol–water partition coefficient (Wildman–Crippen LogP) is 6.97. The molecule has 0 saturated carbocycles. The van der Waals surface area contributed by atoms with Gasteiger partial charge < -0.3 is 4.57 Å². The van der Waals surface area contributed by atoms with Gasteiger partial charge >= 0.3 is 0 Å². The van der Waals surface area contributed by atoms with E-state index in [1.54, 1.807) is 12.1 Å². The number of carbonyl (C=O) groups excluding carboxylic acids is 1. The van der Waals surface area contributed by atoms with Crippen molar-refractivity contribution in [1.82, 2.24) is 9.58 Å². The monoisotopic (exact) mass is 543 g/mol. The van der Waals surface area contributed by atoms with Crippen molar-refractivity contribution in [3.05, 3.63) is 111 Å². The quantitative estimate of drug-likeness (QED) is 0.282. The summed E-state index contributed by atoms with van der Waals surface area (Å²) in [6.45, 7) is 2.67. The number of aliphatic imine (C=N–C) groups is 1. The van der Waals surface area contributed by atoms with Crippen LogP contribution < -0.4 is 0 Å². The molecule has 1 N–H and O–H groups in total. The van der Waals surface area contributed by atoms with Crippen LogP contribution in [0.4, 0.5) is 0 Å². The molecule has 3 heterocycles. The van der Waals surface area contributed by atoms with E-state index in [4.69, 9.17) is 28.6 Å². The molecule has 0 bridgehead atoms. The van der Waals surface area contributed by atoms with E-state index in [1.165, 1.54) is 16.8 Å². The van der Waals surface area contributed by atoms with Gasteiger partial charge in [0.2, 0.25) is 5.17 Å². The van der Waals surface area contributed by atoms with E-state index >= 15 is 0 Å². The summed E-state index contributed by atoms with van der Waals surface area (Å²) in [4.78, 5) is 17.4. The Morgan fingerprint density at radius 3 is 2.51 bits per heavy atom. The first-order valence-corrected chi connectivity index (χ1v) is 13.1. The molecular weight excluding hydrogens is 525 g/mol. The Labute approximate surface area is 227 Å². The van der Waals surface area contributed by atoms with Gasteiger partial charge in [-0.1, -0.05) is 71.7 Å². The summed E-state index contributed by atoms with van der Waals surface area (Å²) in [7, 11) is 0. The topological polar surface area (TPSA) is 73.8 Å². The van der Waals surface area contributed by atoms with Gasteiger partial charge in [0, 0.05) is 39.3 Å². The number of nitrogens with one attached hydrogen (secondary N) is 1. The summed E-state index contributed by atoms with van der Waals surface area (Å²) in [6, 6.07) is 23.2. The zero-order valence-corrected chi connectivity index (χ0v) is 21.9. The molecule has 0 aliphatic carbocycles. The predicted molar refractivity (Wildman–Crippen MR) is 153 cm³/mol. The third-order valence-electron chi connectivity index (χ3n) is 6.38. The minimum Gasteiger partial charge on any atom is -0.340 e. The number of hydrogen-bond acceptors (Lipinski definition) is 4. The maximum absolute atomic E-state index is 13.1. The molecule has 0 fully saturated rings. The number of nitrogens with zero attached hydrogens (tertiary/aromatic N) is 4. The molecule has 0 saturated heterocycles. The van der Waals surface area contributed by atoms with Crippen LogP contribution in [0.15, 0.2) is 88.5 Å². The van der Waals surface area contributed by atoms with E-state index in [0.29, 0.717) is 26.8 Å². The summed E-state index contributed by atoms with van der Waals surface area (Å²) >= 11 is 13.7. The summed E-state index contributed by atoms with van der Waals surface area (Å²) < 4.78 is 2.20. The number of benzene rings is 3. The Balaban J connectivity index is 1.41. The van der Waals surface area contributed by atoms with E-state index in [2.05, 4.69) is 20.7 Å². The highest BCUT2D eigenvalue weighted by Crippen LogP contribution is 2.35. The first-order valence-electron chi connectivity index (χ1n) is 11.5. The molecule has 3 aromatic carbocycles. The van der Waals surface area contributed by atoms with Crippen LogP contribution in [0, 0.1) is 12.3 Å². The van der Waals surface area contributed by atoms with Gasteiger partial charge in [-0.05, 0) is 54.6 Å². The SMILES string of the molecule is Cc1c(/C=C2\C(=N)N3N=C(c4ccccc4Cl)SC3=NC2=O)c2ccccc2n1Cc1ccc(Cl)cc1. The van der Waals surface area contributed by atoms with Gasteiger partial charge in [0.1, 0.15) is 5.04 Å². The summed E-state index contributed by atoms with van der Waals surface area (Å²) in [6.07, 6.45) is 1.76. The number of amidine groups is 2. The largest absolute Gasteiger partial charge is 0.340 e. The van der Waals surface area contributed by atoms with Crippen LogP contribution in [0.5, 0.6) is 0 Å². The van der Waals surface area contributed by atoms with Crippen LogP contribution in [0.2, 0.25) is 10.0 Å². The number of halogens is 2. The summed E-state index contributed by atoms with van der Waals surface area (Å²) in [5, 5.41) is 18.0. The van der Waals surface area contributed by atoms with Crippen molar-refractivity contribution in [1.29, 1.82) is 5.41 Å². The molecule has 6 rings (SSSR count). The number of aromatic nitrogens is 1. The maximum atomic E-state index is 13.1. The van der Waals surface area contributed by atoms with Gasteiger partial charge in [0.25, 0.3) is 5.91 Å². The van der Waals surface area contributed by atoms with Gasteiger partial charge in [0.05, 0.1) is 10.6 Å². The molecule has 6 nitrogen and oxygen atoms in total. The van der Waals surface area contributed by atoms with Gasteiger partial charge in [-0.25, -0.2) is 0 Å². The fourth-order valence-corrected chi connectivity index (χ4v) is 5.83. The average molecular weight is 544 g/mol. The van der Waals surface area contributed by atoms with Gasteiger partial charge in [-0.3, -0.25) is 10.2 Å². The van der Waals surface area contributed by atoms with E-state index in [-0.39, 0.29) is 11.4 Å². The van der Waals surface area contributed by atoms with Gasteiger partial charge in [0.15, 0.2) is 5.84 Å². The molecule has 9 heteroatoms. The zero-order chi connectivity index (χ0) is 25.7. The van der Waals surface area contributed by atoms with E-state index in [9.17, 15) is 4.79 Å². The highest BCUT2D eigenvalue weighted by Gasteiger charge is 2.36. The van der Waals surface area contributed by atoms with E-state index < -0.39 is 5.91 Å². The van der Waals surface area contributed by atoms with Crippen LogP contribution in [0.1, 0.15) is 22.4 Å². The third kappa shape index (κ3) is 4.19. The lowest BCUT2D eigenvalue weighted by atomic mass is 10.1. The molecule has 1 amide bonds. The second-order valence-electron chi connectivity index (χ2n) is 8.63. The molecule has 0 unspecified atom stereocenters. The molecular formula is C28H19Cl2N5OS. The fraction of sp³-hybridized carbons (Fsp3) is 0.0714. The maximum Gasteiger partial charge on any atom is 0.283 e. The Morgan fingerprint density at radius 1 is 1.00 bits per heavy atom. The standard InChI is InChI=1S/C28H19Cl2N5OS/c1-16-21(19-6-3-5-9-24(19)34(16)15-17-10-12-18(29)13-11-17)14-22-25(31)35-28(32-26(22)36)37-27(33-35)20-7-2-4-8-23(20)30/h2-14,31H,15H2,1H3/b22-14+,31-25?. The number of hydrogen-bond donors (Lipinski definition) is 1. The number of para-hydroxylation sites is 1. The van der Waals surface area contributed by atoms with Crippen molar-refractivity contribution in [3.8, 4) is 0 Å². The van der Waals surface area contributed by atoms with E-state index in [0.717, 1.165) is 33.3 Å². The lowest BCUT2D eigenvalue weighted by molar-refractivity contribution is -0.114. The van der Waals surface area contributed by atoms with E-state index in [1.807, 2.05) is 67.6 Å². The Hall–Kier alpha value is -3.65. The molecule has 1 aromatic heterocycles. The fourth-order valence-electron chi connectivity index (χ4n) is 4.50. The second-order valence-corrected chi connectivity index (χ2v) is 10.4. The molecule has 0 spiro atoms. The summed E-state index contributed by atoms with van der Waals surface area (Å²) in [5.41, 5.74) is 4.92. The molecule has 4 aromatic rings. The number of hydrazone groups is 1. The Morgan fingerprint density at radius 2 is 1.73 bits per heavy atom. The molecule has 2 aliphatic heterocycles. The van der Waals surface area contributed by atoms with Crippen LogP contribution in [-0.2, 0) is 11.3 Å². The number of thioether (sulfide) groups is 1. The molecule has 182 valence electrons. The lowest BCUT2D eigenvalue weighted by Crippen LogP contribution is -2.35. The number of fused-ring (bicyclic) bond motifs is 2. The zero-order valence-electron chi connectivity index (χ0n) is 19.6. The minimum absolute atomic E-state index is 0.0153. The van der Waals surface area contributed by atoms with Gasteiger partial charge in [-0.2, -0.15) is 15.1 Å². The van der Waals surface area contributed by atoms with Crippen molar-refractivity contribution in [3.63, 3.8) is 0 Å². The lowest BCUT2D eigenvalue weighted by Gasteiger charge is -2.20. The van der Waals surface area contributed by atoms with Crippen molar-refractivity contribution in [2.75, 3.05) is 0 Å². The van der Waals surface area contributed by atoms with Crippen molar-refractivity contribution in [2.45, 2.75) is 13.5 Å². The first kappa shape index (κ1) is 23.7.